The molecule has 0 aliphatic carbocycles. The van der Waals surface area contributed by atoms with Crippen molar-refractivity contribution >= 4 is 87.2 Å². The number of benzene rings is 8. The van der Waals surface area contributed by atoms with E-state index in [1.165, 1.54) is 32.5 Å². The summed E-state index contributed by atoms with van der Waals surface area (Å²) in [5, 5.41) is 10.6. The Bertz CT molecular complexity index is 3440. The van der Waals surface area contributed by atoms with E-state index in [1.807, 2.05) is 0 Å². The van der Waals surface area contributed by atoms with Gasteiger partial charge in [0.15, 0.2) is 5.58 Å². The molecule has 53 heavy (non-hydrogen) atoms. The minimum atomic E-state index is 0.891. The summed E-state index contributed by atoms with van der Waals surface area (Å²) >= 11 is 0. The number of rotatable bonds is 3. The minimum absolute atomic E-state index is 0.891. The zero-order valence-electron chi connectivity index (χ0n) is 28.5. The van der Waals surface area contributed by atoms with Gasteiger partial charge in [0.25, 0.3) is 0 Å². The summed E-state index contributed by atoms with van der Waals surface area (Å²) < 4.78 is 11.6. The van der Waals surface area contributed by atoms with E-state index in [2.05, 4.69) is 185 Å². The molecule has 0 spiro atoms. The van der Waals surface area contributed by atoms with Crippen LogP contribution in [-0.4, -0.2) is 14.1 Å². The van der Waals surface area contributed by atoms with Gasteiger partial charge in [-0.2, -0.15) is 0 Å². The predicted molar refractivity (Wildman–Crippen MR) is 221 cm³/mol. The molecule has 4 heterocycles. The molecule has 4 aromatic heterocycles. The molecule has 4 nitrogen and oxygen atoms in total. The Balaban J connectivity index is 1.24. The van der Waals surface area contributed by atoms with Crippen molar-refractivity contribution in [1.82, 2.24) is 14.1 Å². The van der Waals surface area contributed by atoms with Crippen LogP contribution in [0.25, 0.3) is 110 Å². The average Bonchev–Trinajstić information content (AvgIpc) is 3.88. The van der Waals surface area contributed by atoms with Gasteiger partial charge in [-0.05, 0) is 76.5 Å². The molecule has 0 aliphatic heterocycles. The molecule has 0 unspecified atom stereocenters. The first kappa shape index (κ1) is 28.5. The van der Waals surface area contributed by atoms with E-state index in [-0.39, 0.29) is 0 Å². The molecule has 246 valence electrons. The zero-order chi connectivity index (χ0) is 34.6. The van der Waals surface area contributed by atoms with Gasteiger partial charge in [-0.15, -0.1) is 0 Å². The quantitative estimate of drug-likeness (QED) is 0.187. The first-order valence-corrected chi connectivity index (χ1v) is 18.1. The Morgan fingerprint density at radius 2 is 1.11 bits per heavy atom. The lowest BCUT2D eigenvalue weighted by Crippen LogP contribution is -2.00. The van der Waals surface area contributed by atoms with Crippen molar-refractivity contribution in [2.75, 3.05) is 0 Å². The number of hydrogen-bond donors (Lipinski definition) is 0. The van der Waals surface area contributed by atoms with Gasteiger partial charge in [-0.1, -0.05) is 121 Å². The molecule has 0 fully saturated rings. The maximum absolute atomic E-state index is 6.87. The number of hydrogen-bond acceptors (Lipinski definition) is 2. The smallest absolute Gasteiger partial charge is 0.160 e. The molecular formula is C49H29N3O. The fraction of sp³-hybridized carbons (Fsp3) is 0. The molecule has 0 saturated carbocycles. The molecular weight excluding hydrogens is 647 g/mol. The Hall–Kier alpha value is -7.17. The van der Waals surface area contributed by atoms with Crippen LogP contribution >= 0.6 is 0 Å². The molecule has 0 radical (unpaired) electrons. The second-order valence-electron chi connectivity index (χ2n) is 13.9. The number of aromatic nitrogens is 3. The van der Waals surface area contributed by atoms with E-state index >= 15 is 0 Å². The van der Waals surface area contributed by atoms with Gasteiger partial charge in [0.2, 0.25) is 0 Å². The van der Waals surface area contributed by atoms with E-state index in [4.69, 9.17) is 9.40 Å². The number of fused-ring (bicyclic) bond motifs is 13. The molecule has 0 atom stereocenters. The van der Waals surface area contributed by atoms with Crippen LogP contribution in [0.4, 0.5) is 0 Å². The highest BCUT2D eigenvalue weighted by Crippen LogP contribution is 2.45. The lowest BCUT2D eigenvalue weighted by Gasteiger charge is -2.13. The zero-order valence-corrected chi connectivity index (χ0v) is 28.5. The van der Waals surface area contributed by atoms with E-state index < -0.39 is 0 Å². The third kappa shape index (κ3) is 3.98. The Labute approximate surface area is 303 Å². The molecule has 12 rings (SSSR count). The molecule has 8 aromatic carbocycles. The van der Waals surface area contributed by atoms with Crippen LogP contribution in [-0.2, 0) is 0 Å². The number of furan rings is 1. The van der Waals surface area contributed by atoms with Gasteiger partial charge in [0.1, 0.15) is 11.4 Å². The first-order valence-electron chi connectivity index (χ1n) is 18.1. The average molecular weight is 676 g/mol. The van der Waals surface area contributed by atoms with Crippen molar-refractivity contribution in [2.24, 2.45) is 0 Å². The maximum Gasteiger partial charge on any atom is 0.160 e. The van der Waals surface area contributed by atoms with Crippen molar-refractivity contribution in [3.05, 3.63) is 176 Å². The van der Waals surface area contributed by atoms with Crippen LogP contribution in [0.1, 0.15) is 0 Å². The SMILES string of the molecule is c1ccc(-c2cc(-n3c4ccccc4c4cc5c6ccc7c(oc8ccc9ccccc9c87)c6n(-c6ccccc6)c5cc43)nc3ccccc23)cc1. The summed E-state index contributed by atoms with van der Waals surface area (Å²) in [4.78, 5) is 5.34. The number of pyridine rings is 1. The Morgan fingerprint density at radius 3 is 1.98 bits per heavy atom. The largest absolute Gasteiger partial charge is 0.454 e. The molecule has 0 amide bonds. The monoisotopic (exact) mass is 675 g/mol. The predicted octanol–water partition coefficient (Wildman–Crippen LogP) is 13.1. The minimum Gasteiger partial charge on any atom is -0.454 e. The van der Waals surface area contributed by atoms with Crippen LogP contribution < -0.4 is 0 Å². The van der Waals surface area contributed by atoms with Crippen LogP contribution in [0.15, 0.2) is 180 Å². The van der Waals surface area contributed by atoms with Crippen molar-refractivity contribution in [1.29, 1.82) is 0 Å². The molecule has 0 N–H and O–H groups in total. The number of nitrogens with zero attached hydrogens (tertiary/aromatic N) is 3. The highest BCUT2D eigenvalue weighted by atomic mass is 16.3. The molecule has 0 aliphatic rings. The summed E-state index contributed by atoms with van der Waals surface area (Å²) in [5.41, 5.74) is 10.6. The first-order chi connectivity index (χ1) is 26.3. The van der Waals surface area contributed by atoms with Gasteiger partial charge in [-0.25, -0.2) is 4.98 Å². The van der Waals surface area contributed by atoms with Crippen molar-refractivity contribution in [2.45, 2.75) is 0 Å². The van der Waals surface area contributed by atoms with Gasteiger partial charge in [0.05, 0.1) is 27.6 Å². The van der Waals surface area contributed by atoms with Crippen molar-refractivity contribution in [3.63, 3.8) is 0 Å². The lowest BCUT2D eigenvalue weighted by molar-refractivity contribution is 0.671. The van der Waals surface area contributed by atoms with Crippen molar-refractivity contribution in [3.8, 4) is 22.6 Å². The summed E-state index contributed by atoms with van der Waals surface area (Å²) in [6.45, 7) is 0. The second kappa shape index (κ2) is 10.7. The van der Waals surface area contributed by atoms with Gasteiger partial charge in [-0.3, -0.25) is 4.57 Å². The number of para-hydroxylation sites is 3. The Kier molecular flexibility index (Phi) is 5.74. The van der Waals surface area contributed by atoms with Gasteiger partial charge >= 0.3 is 0 Å². The highest BCUT2D eigenvalue weighted by Gasteiger charge is 2.23. The summed E-state index contributed by atoms with van der Waals surface area (Å²) in [6, 6.07) is 62.9. The third-order valence-corrected chi connectivity index (χ3v) is 11.1. The van der Waals surface area contributed by atoms with E-state index in [1.54, 1.807) is 0 Å². The fourth-order valence-electron chi connectivity index (χ4n) is 8.78. The second-order valence-corrected chi connectivity index (χ2v) is 13.9. The fourth-order valence-corrected chi connectivity index (χ4v) is 8.78. The highest BCUT2D eigenvalue weighted by molar-refractivity contribution is 6.27. The summed E-state index contributed by atoms with van der Waals surface area (Å²) in [5.74, 6) is 0.891. The van der Waals surface area contributed by atoms with Crippen LogP contribution in [0.5, 0.6) is 0 Å². The van der Waals surface area contributed by atoms with E-state index in [9.17, 15) is 0 Å². The lowest BCUT2D eigenvalue weighted by atomic mass is 10.0. The molecule has 0 saturated heterocycles. The van der Waals surface area contributed by atoms with Crippen LogP contribution in [0, 0.1) is 0 Å². The van der Waals surface area contributed by atoms with E-state index in [0.717, 1.165) is 77.4 Å². The van der Waals surface area contributed by atoms with Gasteiger partial charge in [0, 0.05) is 43.4 Å². The normalized spacial score (nSPS) is 12.2. The maximum atomic E-state index is 6.87. The van der Waals surface area contributed by atoms with Crippen LogP contribution in [0.2, 0.25) is 0 Å². The molecule has 0 bridgehead atoms. The van der Waals surface area contributed by atoms with Gasteiger partial charge < -0.3 is 8.98 Å². The van der Waals surface area contributed by atoms with Crippen molar-refractivity contribution < 1.29 is 4.42 Å². The third-order valence-electron chi connectivity index (χ3n) is 11.1. The summed E-state index contributed by atoms with van der Waals surface area (Å²) in [6.07, 6.45) is 0. The summed E-state index contributed by atoms with van der Waals surface area (Å²) in [7, 11) is 0. The van der Waals surface area contributed by atoms with Crippen LogP contribution in [0.3, 0.4) is 0 Å². The Morgan fingerprint density at radius 1 is 0.434 bits per heavy atom. The standard InChI is InChI=1S/C49H29N3O/c1-3-13-30(14-4-1)38-28-46(50-41-21-11-9-19-34(38)41)52-42-22-12-10-20-35(42)39-27-40-36-24-25-37-47-33-18-8-7-15-31(33)23-26-45(47)53-49(37)48(36)51(43(40)29-44(39)52)32-16-5-2-6-17-32/h1-29H. The molecule has 12 aromatic rings. The van der Waals surface area contributed by atoms with E-state index in [0.29, 0.717) is 0 Å². The topological polar surface area (TPSA) is 35.9 Å². The molecule has 4 heteroatoms.